The molecule has 0 aromatic carbocycles. The van der Waals surface area contributed by atoms with Gasteiger partial charge in [-0.1, -0.05) is 251 Å². The molecule has 23 nitrogen and oxygen atoms in total. The molecule has 5 heterocycles. The van der Waals surface area contributed by atoms with Gasteiger partial charge in [-0.3, -0.25) is 33.3 Å². The van der Waals surface area contributed by atoms with Crippen molar-refractivity contribution in [3.05, 3.63) is 57.9 Å². The number of hydrogen-bond acceptors (Lipinski definition) is 17. The van der Waals surface area contributed by atoms with Gasteiger partial charge in [-0.15, -0.1) is 0 Å². The van der Waals surface area contributed by atoms with Crippen LogP contribution in [-0.4, -0.2) is 143 Å². The molecule has 5 rings (SSSR count). The van der Waals surface area contributed by atoms with Crippen molar-refractivity contribution in [3.63, 3.8) is 0 Å². The van der Waals surface area contributed by atoms with Crippen LogP contribution in [0.4, 0.5) is 5.82 Å². The van der Waals surface area contributed by atoms with E-state index in [0.29, 0.717) is 30.4 Å². The molecule has 12 N–H and O–H groups in total. The zero-order valence-electron chi connectivity index (χ0n) is 57.8. The largest absolute Gasteiger partial charge is 0.481 e. The summed E-state index contributed by atoms with van der Waals surface area (Å²) in [6.07, 6.45) is 53.7. The summed E-state index contributed by atoms with van der Waals surface area (Å²) in [5, 5.41) is 82.3. The smallest absolute Gasteiger partial charge is 0.330 e. The number of ether oxygens (including phenoxy) is 2. The summed E-state index contributed by atoms with van der Waals surface area (Å²) in [7, 11) is 0. The molecule has 2 saturated heterocycles. The van der Waals surface area contributed by atoms with Crippen LogP contribution in [0.15, 0.2) is 46.7 Å². The van der Waals surface area contributed by atoms with Crippen molar-refractivity contribution in [1.29, 1.82) is 0 Å². The second kappa shape index (κ2) is 58.0. The number of anilines is 1. The molecule has 542 valence electrons. The number of nitrogens with one attached hydrogen (secondary N) is 1. The maximum Gasteiger partial charge on any atom is 0.330 e. The van der Waals surface area contributed by atoms with Crippen LogP contribution in [0.2, 0.25) is 0 Å². The fraction of sp³-hybridized carbons (Fsp3) is 0.803. The predicted octanol–water partition coefficient (Wildman–Crippen LogP) is 13.2. The van der Waals surface area contributed by atoms with Gasteiger partial charge in [0.1, 0.15) is 48.5 Å². The topological polar surface area (TPSA) is 376 Å². The summed E-state index contributed by atoms with van der Waals surface area (Å²) in [4.78, 5) is 67.2. The molecule has 23 heteroatoms. The van der Waals surface area contributed by atoms with Crippen LogP contribution in [0.5, 0.6) is 0 Å². The van der Waals surface area contributed by atoms with Crippen molar-refractivity contribution in [2.24, 2.45) is 0 Å². The molecular weight excluding hydrogens is 1210 g/mol. The first-order valence-electron chi connectivity index (χ1n) is 36.3. The van der Waals surface area contributed by atoms with Crippen molar-refractivity contribution in [2.45, 2.75) is 352 Å². The van der Waals surface area contributed by atoms with Gasteiger partial charge in [0.05, 0.1) is 19.5 Å². The van der Waals surface area contributed by atoms with Crippen LogP contribution < -0.4 is 17.0 Å². The van der Waals surface area contributed by atoms with E-state index in [-0.39, 0.29) is 5.82 Å². The summed E-state index contributed by atoms with van der Waals surface area (Å²) in [5.41, 5.74) is 5.12. The molecule has 0 amide bonds. The van der Waals surface area contributed by atoms with Crippen molar-refractivity contribution in [3.8, 4) is 0 Å². The lowest BCUT2D eigenvalue weighted by Crippen LogP contribution is -2.37. The summed E-state index contributed by atoms with van der Waals surface area (Å²) >= 11 is 0. The predicted molar refractivity (Wildman–Crippen MR) is 369 cm³/mol. The molecule has 3 aromatic rings. The number of aromatic nitrogens is 6. The van der Waals surface area contributed by atoms with Crippen molar-refractivity contribution in [1.82, 2.24) is 29.1 Å². The standard InChI is InChI=1S/C18H36O2.C18H34O2.C16H32O2.C10H13N5O4.C9H12N2O6/c2*1-2-3-4-5-6-7-8-9-10-11-12-13-14-15-16-17-18(19)20;1-2-3-4-5-6-7-8-9-10-11-12-13-14-15-16(17)18;11-8-5-9(13-2-12-8)15(3-14-5)10-7(18)6(17)4(1-16)19-10;12-3-4-6(14)7(15)8(17-4)11-2-1-5(13)10-9(11)16/h2-17H2,1H3,(H,19,20);9-10H,2-8,11-17H2,1H3,(H,19,20);2-15H2,1H3,(H,17,18);2-4,6-7,10,16-18H,1H2,(H2,11,12,13);1-2,4,6-8,12,14-15H,3H2,(H,10,13,16)/b;10-9-;;;/t;;;4-,6?,7+,10-;4-,6?,7+,8-/m...11/s1. The molecule has 2 aliphatic heterocycles. The van der Waals surface area contributed by atoms with Gasteiger partial charge in [-0.05, 0) is 44.9 Å². The van der Waals surface area contributed by atoms with Crippen LogP contribution in [0, 0.1) is 0 Å². The third-order valence-corrected chi connectivity index (χ3v) is 17.0. The number of allylic oxidation sites excluding steroid dienone is 2. The van der Waals surface area contributed by atoms with E-state index in [2.05, 4.69) is 47.9 Å². The first-order valence-corrected chi connectivity index (χ1v) is 36.3. The van der Waals surface area contributed by atoms with Crippen molar-refractivity contribution in [2.75, 3.05) is 18.9 Å². The lowest BCUT2D eigenvalue weighted by atomic mass is 10.0. The fourth-order valence-corrected chi connectivity index (χ4v) is 11.2. The van der Waals surface area contributed by atoms with Crippen LogP contribution in [-0.2, 0) is 23.9 Å². The lowest BCUT2D eigenvalue weighted by molar-refractivity contribution is -0.138. The number of aliphatic hydroxyl groups excluding tert-OH is 6. The molecule has 94 heavy (non-hydrogen) atoms. The van der Waals surface area contributed by atoms with Crippen LogP contribution >= 0.6 is 0 Å². The molecular formula is C71H127N7O16. The Morgan fingerprint density at radius 2 is 0.787 bits per heavy atom. The number of imidazole rings is 1. The highest BCUT2D eigenvalue weighted by Gasteiger charge is 2.45. The number of unbranched alkanes of at least 4 members (excludes halogenated alkanes) is 37. The second-order valence-corrected chi connectivity index (χ2v) is 25.3. The molecule has 2 aliphatic rings. The van der Waals surface area contributed by atoms with E-state index in [4.69, 9.17) is 40.7 Å². The van der Waals surface area contributed by atoms with E-state index in [9.17, 15) is 44.4 Å². The molecule has 8 atom stereocenters. The molecule has 0 aliphatic carbocycles. The highest BCUT2D eigenvalue weighted by Crippen LogP contribution is 2.32. The Morgan fingerprint density at radius 1 is 0.468 bits per heavy atom. The van der Waals surface area contributed by atoms with Gasteiger partial charge in [0, 0.05) is 31.5 Å². The van der Waals surface area contributed by atoms with Crippen LogP contribution in [0.25, 0.3) is 11.2 Å². The number of nitrogens with zero attached hydrogens (tertiary/aromatic N) is 5. The third-order valence-electron chi connectivity index (χ3n) is 17.0. The minimum absolute atomic E-state index is 0.218. The number of carboxylic acid groups (broad SMARTS) is 3. The third kappa shape index (κ3) is 41.7. The monoisotopic (exact) mass is 1330 g/mol. The quantitative estimate of drug-likeness (QED) is 0.0185. The summed E-state index contributed by atoms with van der Waals surface area (Å²) < 4.78 is 12.9. The number of aromatic amines is 1. The number of fused-ring (bicyclic) bond motifs is 1. The Morgan fingerprint density at radius 3 is 1.10 bits per heavy atom. The van der Waals surface area contributed by atoms with E-state index in [1.807, 2.05) is 4.98 Å². The Hall–Kier alpha value is -5.14. The highest BCUT2D eigenvalue weighted by molar-refractivity contribution is 5.81. The summed E-state index contributed by atoms with van der Waals surface area (Å²) in [6.45, 7) is 5.92. The van der Waals surface area contributed by atoms with Gasteiger partial charge in [0.2, 0.25) is 0 Å². The van der Waals surface area contributed by atoms with E-state index >= 15 is 0 Å². The lowest BCUT2D eigenvalue weighted by Gasteiger charge is -2.16. The normalized spacial score (nSPS) is 19.0. The molecule has 0 bridgehead atoms. The van der Waals surface area contributed by atoms with Gasteiger partial charge in [-0.2, -0.15) is 0 Å². The number of H-pyrrole nitrogens is 1. The van der Waals surface area contributed by atoms with Gasteiger partial charge in [-0.25, -0.2) is 19.7 Å². The zero-order chi connectivity index (χ0) is 69.4. The van der Waals surface area contributed by atoms with Crippen LogP contribution in [0.1, 0.15) is 316 Å². The number of nitrogens with two attached hydrogens (primary N) is 1. The van der Waals surface area contributed by atoms with E-state index in [0.717, 1.165) is 55.4 Å². The number of aliphatic carboxylic acids is 3. The first kappa shape index (κ1) is 86.9. The van der Waals surface area contributed by atoms with E-state index < -0.39 is 91.5 Å². The van der Waals surface area contributed by atoms with Gasteiger partial charge < -0.3 is 61.2 Å². The number of carbonyl (C=O) groups is 3. The van der Waals surface area contributed by atoms with E-state index in [1.54, 1.807) is 0 Å². The number of hydrogen-bond donors (Lipinski definition) is 11. The maximum atomic E-state index is 11.4. The molecule has 2 fully saturated rings. The Balaban J connectivity index is 0.000000588. The average molecular weight is 1330 g/mol. The molecule has 0 radical (unpaired) electrons. The number of nitrogen functional groups attached to an aromatic ring is 1. The Labute approximate surface area is 560 Å². The van der Waals surface area contributed by atoms with E-state index in [1.165, 1.54) is 242 Å². The first-order chi connectivity index (χ1) is 45.5. The summed E-state index contributed by atoms with van der Waals surface area (Å²) in [6, 6.07) is 1.09. The molecule has 3 aromatic heterocycles. The highest BCUT2D eigenvalue weighted by atomic mass is 16.6. The molecule has 0 spiro atoms. The molecule has 2 unspecified atom stereocenters. The number of rotatable bonds is 49. The van der Waals surface area contributed by atoms with Gasteiger partial charge in [0.25, 0.3) is 5.56 Å². The van der Waals surface area contributed by atoms with Crippen LogP contribution in [0.3, 0.4) is 0 Å². The number of carboxylic acids is 3. The maximum absolute atomic E-state index is 11.4. The minimum Gasteiger partial charge on any atom is -0.481 e. The molecule has 0 saturated carbocycles. The Kier molecular flexibility index (Phi) is 53.6. The Bertz CT molecular complexity index is 2480. The number of aliphatic hydroxyl groups is 6. The minimum atomic E-state index is -1.35. The van der Waals surface area contributed by atoms with Crippen molar-refractivity contribution >= 4 is 34.9 Å². The SMILES string of the molecule is CCCCCCCC/C=C\CCCCCCCC(=O)O.CCCCCCCCCCCCCCCC(=O)O.CCCCCCCCCCCCCCCCCC(=O)O.Nc1ncnc2c1ncn2[C@@H]1O[C@H](CO)C(O)[C@@H]1O.O=c1ccn([C@@H]2O[C@H](CO)C(O)[C@@H]2O)c(=O)[nH]1. The zero-order valence-corrected chi connectivity index (χ0v) is 57.8. The fourth-order valence-electron chi connectivity index (χ4n) is 11.2. The van der Waals surface area contributed by atoms with Gasteiger partial charge in [0.15, 0.2) is 23.9 Å². The summed E-state index contributed by atoms with van der Waals surface area (Å²) in [5.74, 6) is -1.75. The van der Waals surface area contributed by atoms with Crippen molar-refractivity contribution < 1.29 is 69.8 Å². The average Bonchev–Trinajstić information content (AvgIpc) is 1.65. The second-order valence-electron chi connectivity index (χ2n) is 25.3. The van der Waals surface area contributed by atoms with Gasteiger partial charge >= 0.3 is 23.6 Å².